The molecule has 2 aliphatic rings. The second kappa shape index (κ2) is 9.44. The highest BCUT2D eigenvalue weighted by Gasteiger charge is 2.48. The summed E-state index contributed by atoms with van der Waals surface area (Å²) < 4.78 is 21.6. The maximum absolute atomic E-state index is 13.7. The Hall–Kier alpha value is -4.34. The van der Waals surface area contributed by atoms with Crippen LogP contribution >= 0.6 is 23.2 Å². The van der Waals surface area contributed by atoms with Crippen LogP contribution in [0.5, 0.6) is 23.0 Å². The first-order valence-electron chi connectivity index (χ1n) is 11.7. The molecular formula is C28H20Cl2N2O7. The van der Waals surface area contributed by atoms with Crippen molar-refractivity contribution < 1.29 is 33.6 Å². The van der Waals surface area contributed by atoms with Crippen LogP contribution in [0, 0.1) is 0 Å². The SMILES string of the molecule is COc1c(Cl)cc(/C(O)=C2\C(=O)C(=O)N(c3ccc4c(c3)OCO4)C2c2c[nH]c3ccccc23)c(OC)c1Cl. The summed E-state index contributed by atoms with van der Waals surface area (Å²) in [6, 6.07) is 12.7. The molecule has 39 heavy (non-hydrogen) atoms. The van der Waals surface area contributed by atoms with E-state index in [2.05, 4.69) is 4.98 Å². The normalized spacial score (nSPS) is 17.7. The van der Waals surface area contributed by atoms with E-state index in [1.807, 2.05) is 24.3 Å². The summed E-state index contributed by atoms with van der Waals surface area (Å²) >= 11 is 12.8. The minimum absolute atomic E-state index is 0.00249. The van der Waals surface area contributed by atoms with Gasteiger partial charge >= 0.3 is 0 Å². The van der Waals surface area contributed by atoms with Crippen molar-refractivity contribution in [3.8, 4) is 23.0 Å². The zero-order chi connectivity index (χ0) is 27.4. The van der Waals surface area contributed by atoms with Crippen LogP contribution in [0.4, 0.5) is 5.69 Å². The maximum Gasteiger partial charge on any atom is 0.300 e. The van der Waals surface area contributed by atoms with Gasteiger partial charge < -0.3 is 29.0 Å². The molecule has 1 unspecified atom stereocenters. The maximum atomic E-state index is 13.7. The third kappa shape index (κ3) is 3.77. The van der Waals surface area contributed by atoms with E-state index < -0.39 is 23.5 Å². The molecule has 6 rings (SSSR count). The number of rotatable bonds is 5. The third-order valence-corrected chi connectivity index (χ3v) is 7.41. The summed E-state index contributed by atoms with van der Waals surface area (Å²) in [5.74, 6) is -1.12. The fraction of sp³-hybridized carbons (Fsp3) is 0.143. The van der Waals surface area contributed by atoms with Crippen LogP contribution in [-0.4, -0.2) is 42.8 Å². The highest BCUT2D eigenvalue weighted by molar-refractivity contribution is 6.52. The molecule has 1 amide bonds. The third-order valence-electron chi connectivity index (χ3n) is 6.79. The number of para-hydroxylation sites is 1. The van der Waals surface area contributed by atoms with Crippen LogP contribution in [0.3, 0.4) is 0 Å². The van der Waals surface area contributed by atoms with Gasteiger partial charge in [0.15, 0.2) is 23.0 Å². The van der Waals surface area contributed by atoms with Gasteiger partial charge in [0.05, 0.1) is 36.4 Å². The number of fused-ring (bicyclic) bond motifs is 2. The molecule has 11 heteroatoms. The fourth-order valence-corrected chi connectivity index (χ4v) is 5.73. The molecule has 2 aliphatic heterocycles. The summed E-state index contributed by atoms with van der Waals surface area (Å²) in [5, 5.41) is 12.5. The van der Waals surface area contributed by atoms with E-state index in [1.165, 1.54) is 25.2 Å². The fourth-order valence-electron chi connectivity index (χ4n) is 5.04. The number of methoxy groups -OCH3 is 2. The monoisotopic (exact) mass is 566 g/mol. The number of ether oxygens (including phenoxy) is 4. The lowest BCUT2D eigenvalue weighted by atomic mass is 9.94. The summed E-state index contributed by atoms with van der Waals surface area (Å²) in [6.45, 7) is 0.0439. The van der Waals surface area contributed by atoms with Crippen molar-refractivity contribution in [3.63, 3.8) is 0 Å². The molecule has 0 saturated carbocycles. The number of nitrogens with one attached hydrogen (secondary N) is 1. The van der Waals surface area contributed by atoms with Crippen LogP contribution < -0.4 is 23.8 Å². The Kier molecular flexibility index (Phi) is 6.05. The first-order chi connectivity index (χ1) is 18.8. The number of aromatic amines is 1. The molecule has 1 atom stereocenters. The number of amides is 1. The number of carbonyl (C=O) groups is 2. The number of H-pyrrole nitrogens is 1. The van der Waals surface area contributed by atoms with Crippen molar-refractivity contribution in [2.24, 2.45) is 0 Å². The standard InChI is InChI=1S/C28H20Cl2N2O7/c1-36-26-15(10-17(29)27(37-2)22(26)30)24(33)21-23(16-11-31-18-6-4-3-5-14(16)18)32(28(35)25(21)34)13-7-8-19-20(9-13)39-12-38-19/h3-11,23,31,33H,12H2,1-2H3/b24-21+. The molecule has 0 bridgehead atoms. The molecule has 0 radical (unpaired) electrons. The van der Waals surface area contributed by atoms with Crippen molar-refractivity contribution in [2.45, 2.75) is 6.04 Å². The number of aliphatic hydroxyl groups excluding tert-OH is 1. The molecule has 0 aliphatic carbocycles. The predicted octanol–water partition coefficient (Wildman–Crippen LogP) is 5.85. The molecule has 4 aromatic rings. The van der Waals surface area contributed by atoms with Gasteiger partial charge in [-0.3, -0.25) is 14.5 Å². The second-order valence-electron chi connectivity index (χ2n) is 8.78. The number of carbonyl (C=O) groups excluding carboxylic acids is 2. The van der Waals surface area contributed by atoms with Crippen molar-refractivity contribution in [1.29, 1.82) is 0 Å². The Morgan fingerprint density at radius 1 is 1.03 bits per heavy atom. The summed E-state index contributed by atoms with van der Waals surface area (Å²) in [6.07, 6.45) is 1.71. The van der Waals surface area contributed by atoms with E-state index in [0.717, 1.165) is 10.9 Å². The predicted molar refractivity (Wildman–Crippen MR) is 145 cm³/mol. The average Bonchev–Trinajstić information content (AvgIpc) is 3.64. The van der Waals surface area contributed by atoms with Crippen molar-refractivity contribution >= 4 is 57.2 Å². The van der Waals surface area contributed by atoms with Gasteiger partial charge in [-0.05, 0) is 24.3 Å². The summed E-state index contributed by atoms with van der Waals surface area (Å²) in [5.41, 5.74) is 1.62. The number of anilines is 1. The average molecular weight is 567 g/mol. The Balaban J connectivity index is 1.63. The lowest BCUT2D eigenvalue weighted by Crippen LogP contribution is -2.29. The van der Waals surface area contributed by atoms with E-state index in [-0.39, 0.29) is 39.5 Å². The van der Waals surface area contributed by atoms with Crippen LogP contribution in [-0.2, 0) is 9.59 Å². The second-order valence-corrected chi connectivity index (χ2v) is 9.57. The number of halogens is 2. The highest BCUT2D eigenvalue weighted by atomic mass is 35.5. The van der Waals surface area contributed by atoms with E-state index >= 15 is 0 Å². The van der Waals surface area contributed by atoms with Crippen LogP contribution in [0.15, 0.2) is 60.3 Å². The van der Waals surface area contributed by atoms with Gasteiger partial charge in [-0.25, -0.2) is 0 Å². The van der Waals surface area contributed by atoms with Crippen LogP contribution in [0.25, 0.3) is 16.7 Å². The van der Waals surface area contributed by atoms with Crippen molar-refractivity contribution in [2.75, 3.05) is 25.9 Å². The van der Waals surface area contributed by atoms with Gasteiger partial charge in [-0.2, -0.15) is 0 Å². The van der Waals surface area contributed by atoms with Crippen molar-refractivity contribution in [3.05, 3.63) is 81.5 Å². The number of benzene rings is 3. The Labute approximate surface area is 232 Å². The molecule has 1 fully saturated rings. The van der Waals surface area contributed by atoms with E-state index in [0.29, 0.717) is 22.7 Å². The van der Waals surface area contributed by atoms with E-state index in [9.17, 15) is 14.7 Å². The van der Waals surface area contributed by atoms with Gasteiger partial charge in [-0.1, -0.05) is 41.4 Å². The molecule has 198 valence electrons. The van der Waals surface area contributed by atoms with Gasteiger partial charge in [-0.15, -0.1) is 0 Å². The van der Waals surface area contributed by atoms with Gasteiger partial charge in [0, 0.05) is 34.4 Å². The number of hydrogen-bond donors (Lipinski definition) is 2. The van der Waals surface area contributed by atoms with Gasteiger partial charge in [0.25, 0.3) is 11.7 Å². The van der Waals surface area contributed by atoms with Gasteiger partial charge in [0.1, 0.15) is 10.8 Å². The first-order valence-corrected chi connectivity index (χ1v) is 12.5. The number of aliphatic hydroxyl groups is 1. The van der Waals surface area contributed by atoms with Gasteiger partial charge in [0.2, 0.25) is 6.79 Å². The number of ketones is 1. The molecular weight excluding hydrogens is 547 g/mol. The Morgan fingerprint density at radius 3 is 2.54 bits per heavy atom. The molecule has 3 aromatic carbocycles. The molecule has 0 spiro atoms. The van der Waals surface area contributed by atoms with Crippen molar-refractivity contribution in [1.82, 2.24) is 4.98 Å². The molecule has 9 nitrogen and oxygen atoms in total. The Morgan fingerprint density at radius 2 is 1.77 bits per heavy atom. The molecule has 1 aromatic heterocycles. The Bertz CT molecular complexity index is 1710. The number of aromatic nitrogens is 1. The topological polar surface area (TPSA) is 110 Å². The number of hydrogen-bond acceptors (Lipinski definition) is 7. The summed E-state index contributed by atoms with van der Waals surface area (Å²) in [4.78, 5) is 31.8. The van der Waals surface area contributed by atoms with Crippen LogP contribution in [0.2, 0.25) is 10.0 Å². The zero-order valence-corrected chi connectivity index (χ0v) is 22.1. The zero-order valence-electron chi connectivity index (χ0n) is 20.6. The first kappa shape index (κ1) is 25.0. The minimum atomic E-state index is -1.02. The lowest BCUT2D eigenvalue weighted by Gasteiger charge is -2.25. The summed E-state index contributed by atoms with van der Waals surface area (Å²) in [7, 11) is 2.74. The number of Topliss-reactive ketones (excluding diaryl/α,β-unsaturated/α-hetero) is 1. The lowest BCUT2D eigenvalue weighted by molar-refractivity contribution is -0.132. The molecule has 3 heterocycles. The minimum Gasteiger partial charge on any atom is -0.507 e. The quantitative estimate of drug-likeness (QED) is 0.177. The smallest absolute Gasteiger partial charge is 0.300 e. The number of nitrogens with zero attached hydrogens (tertiary/aromatic N) is 1. The van der Waals surface area contributed by atoms with E-state index in [1.54, 1.807) is 24.4 Å². The largest absolute Gasteiger partial charge is 0.507 e. The molecule has 1 saturated heterocycles. The highest BCUT2D eigenvalue weighted by Crippen LogP contribution is 2.49. The van der Waals surface area contributed by atoms with E-state index in [4.69, 9.17) is 42.1 Å². The molecule has 2 N–H and O–H groups in total. The van der Waals surface area contributed by atoms with Crippen LogP contribution in [0.1, 0.15) is 17.2 Å².